The molecule has 0 saturated heterocycles. The molecule has 0 rings (SSSR count). The fourth-order valence-corrected chi connectivity index (χ4v) is 0.502. The number of rotatable bonds is 3. The van der Waals surface area contributed by atoms with Crippen LogP contribution in [0.25, 0.3) is 0 Å². The van der Waals surface area contributed by atoms with E-state index >= 15 is 0 Å². The Morgan fingerprint density at radius 3 is 1.53 bits per heavy atom. The molecule has 0 aliphatic heterocycles. The van der Waals surface area contributed by atoms with E-state index < -0.39 is 21.2 Å². The summed E-state index contributed by atoms with van der Waals surface area (Å²) in [6, 6.07) is 0. The number of carbonyl (C=O) groups excluding carboxylic acids is 1. The molecular weight excluding hydrogens is 262 g/mol. The molecule has 0 atom stereocenters. The normalized spacial score (nSPS) is 12.4. The van der Waals surface area contributed by atoms with Gasteiger partial charge in [-0.1, -0.05) is 0 Å². The minimum Gasteiger partial charge on any atom is -0.739 e. The van der Waals surface area contributed by atoms with Gasteiger partial charge in [-0.05, 0) is 20.3 Å². The number of ketones is 1. The Labute approximate surface area is 170 Å². The van der Waals surface area contributed by atoms with Crippen LogP contribution < -0.4 is 103 Å². The molecule has 0 aromatic rings. The van der Waals surface area contributed by atoms with Crippen LogP contribution in [0, 0.1) is 20.8 Å². The number of hydrogen-bond donors (Lipinski definition) is 0. The molecule has 0 unspecified atom stereocenters. The molecule has 15 heavy (non-hydrogen) atoms. The molecule has 0 amide bonds. The van der Waals surface area contributed by atoms with Gasteiger partial charge >= 0.3 is 108 Å². The first-order chi connectivity index (χ1) is 5.91. The summed E-state index contributed by atoms with van der Waals surface area (Å²) < 4.78 is 0. The van der Waals surface area contributed by atoms with E-state index in [0.717, 1.165) is 13.8 Å². The average molecular weight is 268 g/mol. The van der Waals surface area contributed by atoms with E-state index in [0.29, 0.717) is 0 Å². The number of hydroxylamine groups is 2. The zero-order chi connectivity index (χ0) is 10.6. The zero-order valence-corrected chi connectivity index (χ0v) is 15.1. The van der Waals surface area contributed by atoms with E-state index in [1.807, 2.05) is 10.6 Å². The van der Waals surface area contributed by atoms with Crippen LogP contribution >= 0.6 is 0 Å². The first-order valence-electron chi connectivity index (χ1n) is 3.03. The SMILES string of the molecule is CC(=O)C(C)(/[N+]([O-])=N/[O-])/[N+]([O-])=N/[O-].[K+].[K+]. The number of Topliss-reactive ketones (excluding diaryl/α,β-unsaturated/α-hetero) is 1. The maximum absolute atomic E-state index is 10.8. The van der Waals surface area contributed by atoms with Crippen LogP contribution in [0.1, 0.15) is 13.8 Å². The largest absolute Gasteiger partial charge is 1.00 e. The second kappa shape index (κ2) is 9.38. The standard InChI is InChI=1S/C4H8N4O5.2K/c1-3(9)4(2,7(12)5-10)8(13)6-11;;/h10-11H,1-2H3;;/q;2*+1/p-2/b7-5-,8-6-;;. The van der Waals surface area contributed by atoms with Gasteiger partial charge in [-0.2, -0.15) is 0 Å². The van der Waals surface area contributed by atoms with Crippen molar-refractivity contribution in [1.82, 2.24) is 0 Å². The molecule has 0 spiro atoms. The predicted molar refractivity (Wildman–Crippen MR) is 37.9 cm³/mol. The van der Waals surface area contributed by atoms with Crippen molar-refractivity contribution in [3.8, 4) is 0 Å². The first-order valence-corrected chi connectivity index (χ1v) is 3.03. The summed E-state index contributed by atoms with van der Waals surface area (Å²) in [4.78, 5) is 9.35. The Bertz CT molecular complexity index is 262. The Morgan fingerprint density at radius 1 is 1.13 bits per heavy atom. The van der Waals surface area contributed by atoms with Crippen molar-refractivity contribution in [2.24, 2.45) is 10.6 Å². The molecule has 9 nitrogen and oxygen atoms in total. The van der Waals surface area contributed by atoms with Crippen molar-refractivity contribution in [3.63, 3.8) is 0 Å². The molecule has 0 fully saturated rings. The fraction of sp³-hybridized carbons (Fsp3) is 0.750. The van der Waals surface area contributed by atoms with E-state index in [4.69, 9.17) is 0 Å². The third-order valence-electron chi connectivity index (χ3n) is 1.56. The van der Waals surface area contributed by atoms with Crippen molar-refractivity contribution in [2.45, 2.75) is 19.5 Å². The van der Waals surface area contributed by atoms with Gasteiger partial charge in [0.25, 0.3) is 5.78 Å². The molecule has 0 aliphatic rings. The summed E-state index contributed by atoms with van der Waals surface area (Å²) in [6.07, 6.45) is 0. The van der Waals surface area contributed by atoms with Crippen LogP contribution in [0.4, 0.5) is 0 Å². The molecule has 0 radical (unpaired) electrons. The van der Waals surface area contributed by atoms with Gasteiger partial charge in [0.15, 0.2) is 0 Å². The quantitative estimate of drug-likeness (QED) is 0.165. The van der Waals surface area contributed by atoms with Gasteiger partial charge in [-0.25, -0.2) is 0 Å². The van der Waals surface area contributed by atoms with Crippen LogP contribution in [0.15, 0.2) is 10.6 Å². The molecule has 0 N–H and O–H groups in total. The Kier molecular flexibility index (Phi) is 13.5. The van der Waals surface area contributed by atoms with Gasteiger partial charge < -0.3 is 20.8 Å². The molecule has 74 valence electrons. The second-order valence-corrected chi connectivity index (χ2v) is 2.29. The summed E-state index contributed by atoms with van der Waals surface area (Å²) in [5, 5.41) is 44.5. The topological polar surface area (TPSA) is 140 Å². The van der Waals surface area contributed by atoms with Gasteiger partial charge in [0.2, 0.25) is 0 Å². The Hall–Kier alpha value is 1.34. The van der Waals surface area contributed by atoms with Crippen LogP contribution in [-0.2, 0) is 4.79 Å². The summed E-state index contributed by atoms with van der Waals surface area (Å²) in [5.41, 5.74) is -2.52. The Morgan fingerprint density at radius 2 is 1.40 bits per heavy atom. The van der Waals surface area contributed by atoms with Gasteiger partial charge in [0, 0.05) is 6.92 Å². The van der Waals surface area contributed by atoms with E-state index in [-0.39, 0.29) is 103 Å². The van der Waals surface area contributed by atoms with Crippen LogP contribution in [0.2, 0.25) is 0 Å². The first kappa shape index (κ1) is 21.6. The van der Waals surface area contributed by atoms with Crippen molar-refractivity contribution < 1.29 is 117 Å². The van der Waals surface area contributed by atoms with E-state index in [9.17, 15) is 25.6 Å². The van der Waals surface area contributed by atoms with E-state index in [1.165, 1.54) is 0 Å². The molecule has 0 saturated carbocycles. The number of hydrogen-bond acceptors (Lipinski definition) is 7. The maximum Gasteiger partial charge on any atom is 1.00 e. The van der Waals surface area contributed by atoms with E-state index in [2.05, 4.69) is 0 Å². The number of nitrogens with zero attached hydrogens (tertiary/aromatic N) is 4. The van der Waals surface area contributed by atoms with Crippen molar-refractivity contribution in [2.75, 3.05) is 0 Å². The monoisotopic (exact) mass is 268 g/mol. The van der Waals surface area contributed by atoms with Gasteiger partial charge in [-0.15, -0.1) is 0 Å². The average Bonchev–Trinajstić information content (AvgIpc) is 2.13. The Balaban J connectivity index is -0.000000720. The predicted octanol–water partition coefficient (Wildman–Crippen LogP) is -5.78. The van der Waals surface area contributed by atoms with Crippen LogP contribution in [-0.4, -0.2) is 21.2 Å². The van der Waals surface area contributed by atoms with Crippen molar-refractivity contribution in [3.05, 3.63) is 20.8 Å². The van der Waals surface area contributed by atoms with Gasteiger partial charge in [0.1, 0.15) is 0 Å². The summed E-state index contributed by atoms with van der Waals surface area (Å²) in [6.45, 7) is 1.62. The smallest absolute Gasteiger partial charge is 0.739 e. The van der Waals surface area contributed by atoms with E-state index in [1.54, 1.807) is 0 Å². The third kappa shape index (κ3) is 5.01. The number of carbonyl (C=O) groups is 1. The van der Waals surface area contributed by atoms with Crippen molar-refractivity contribution in [1.29, 1.82) is 0 Å². The summed E-state index contributed by atoms with van der Waals surface area (Å²) in [5.74, 6) is -1.02. The van der Waals surface area contributed by atoms with Gasteiger partial charge in [-0.3, -0.25) is 4.79 Å². The molecule has 0 bridgehead atoms. The summed E-state index contributed by atoms with van der Waals surface area (Å²) >= 11 is 0. The minimum atomic E-state index is -2.52. The molecule has 0 aromatic carbocycles. The molecule has 0 aromatic heterocycles. The molecule has 11 heteroatoms. The summed E-state index contributed by atoms with van der Waals surface area (Å²) in [7, 11) is 0. The third-order valence-corrected chi connectivity index (χ3v) is 1.56. The molecular formula is C4H6K2N4O5. The van der Waals surface area contributed by atoms with Crippen LogP contribution in [0.5, 0.6) is 0 Å². The van der Waals surface area contributed by atoms with Crippen LogP contribution in [0.3, 0.4) is 0 Å². The maximum atomic E-state index is 10.8. The van der Waals surface area contributed by atoms with Gasteiger partial charge in [0.05, 0.1) is 6.92 Å². The molecule has 0 heterocycles. The second-order valence-electron chi connectivity index (χ2n) is 2.29. The fourth-order valence-electron chi connectivity index (χ4n) is 0.502. The zero-order valence-electron chi connectivity index (χ0n) is 8.83. The van der Waals surface area contributed by atoms with Crippen molar-refractivity contribution >= 4 is 5.78 Å². The minimum absolute atomic E-state index is 0. The molecule has 0 aliphatic carbocycles.